The fourth-order valence-electron chi connectivity index (χ4n) is 1.81. The second-order valence-corrected chi connectivity index (χ2v) is 6.38. The van der Waals surface area contributed by atoms with Gasteiger partial charge in [-0.15, -0.1) is 0 Å². The molecule has 0 unspecified atom stereocenters. The third-order valence-electron chi connectivity index (χ3n) is 3.95. The molecule has 0 saturated heterocycles. The fourth-order valence-corrected chi connectivity index (χ4v) is 2.09. The molecular formula is C15H21ClN2O. The van der Waals surface area contributed by atoms with Gasteiger partial charge >= 0.3 is 0 Å². The highest BCUT2D eigenvalue weighted by molar-refractivity contribution is 6.36. The predicted molar refractivity (Wildman–Crippen MR) is 80.5 cm³/mol. The van der Waals surface area contributed by atoms with E-state index < -0.39 is 11.1 Å². The summed E-state index contributed by atoms with van der Waals surface area (Å²) in [6.45, 7) is 8.14. The highest BCUT2D eigenvalue weighted by atomic mass is 35.5. The van der Waals surface area contributed by atoms with Gasteiger partial charge in [0, 0.05) is 28.7 Å². The van der Waals surface area contributed by atoms with Gasteiger partial charge in [0.25, 0.3) is 0 Å². The number of nitrogens with one attached hydrogen (secondary N) is 2. The first-order valence-corrected chi connectivity index (χ1v) is 6.83. The van der Waals surface area contributed by atoms with Gasteiger partial charge in [-0.1, -0.05) is 29.8 Å². The van der Waals surface area contributed by atoms with E-state index in [1.807, 2.05) is 38.1 Å². The Labute approximate surface area is 119 Å². The van der Waals surface area contributed by atoms with Gasteiger partial charge in [-0.2, -0.15) is 0 Å². The summed E-state index contributed by atoms with van der Waals surface area (Å²) in [5.74, 6) is 0. The lowest BCUT2D eigenvalue weighted by Gasteiger charge is -2.38. The number of aromatic nitrogens is 1. The molecule has 0 aliphatic heterocycles. The third kappa shape index (κ3) is 2.78. The first-order valence-electron chi connectivity index (χ1n) is 6.45. The minimum absolute atomic E-state index is 0.409. The van der Waals surface area contributed by atoms with Crippen LogP contribution in [0.1, 0.15) is 33.4 Å². The standard InChI is InChI=1S/C15H21ClN2O/c1-14(2,15(3,4)19)17-9-12-13(16)10-7-5-6-8-11(10)18-12/h5-8,17-19H,9H2,1-4H3. The molecule has 0 atom stereocenters. The van der Waals surface area contributed by atoms with E-state index in [9.17, 15) is 5.11 Å². The number of para-hydroxylation sites is 1. The Kier molecular flexibility index (Phi) is 3.65. The lowest BCUT2D eigenvalue weighted by atomic mass is 9.86. The summed E-state index contributed by atoms with van der Waals surface area (Å²) in [6, 6.07) is 7.96. The third-order valence-corrected chi connectivity index (χ3v) is 4.38. The van der Waals surface area contributed by atoms with Crippen LogP contribution < -0.4 is 5.32 Å². The average molecular weight is 281 g/mol. The summed E-state index contributed by atoms with van der Waals surface area (Å²) in [5, 5.41) is 15.3. The molecule has 0 fully saturated rings. The van der Waals surface area contributed by atoms with Gasteiger partial charge < -0.3 is 15.4 Å². The summed E-state index contributed by atoms with van der Waals surface area (Å²) in [5.41, 5.74) is 0.754. The normalized spacial score (nSPS) is 13.2. The Bertz CT molecular complexity index is 581. The number of hydrogen-bond donors (Lipinski definition) is 3. The van der Waals surface area contributed by atoms with Gasteiger partial charge in [0.1, 0.15) is 0 Å². The van der Waals surface area contributed by atoms with Crippen molar-refractivity contribution in [3.8, 4) is 0 Å². The van der Waals surface area contributed by atoms with Crippen molar-refractivity contribution in [1.29, 1.82) is 0 Å². The number of aliphatic hydroxyl groups is 1. The molecule has 0 bridgehead atoms. The first-order chi connectivity index (χ1) is 8.72. The molecule has 19 heavy (non-hydrogen) atoms. The molecule has 0 radical (unpaired) electrons. The maximum absolute atomic E-state index is 10.1. The largest absolute Gasteiger partial charge is 0.389 e. The lowest BCUT2D eigenvalue weighted by molar-refractivity contribution is -0.00542. The molecule has 104 valence electrons. The minimum atomic E-state index is -0.814. The number of aromatic amines is 1. The van der Waals surface area contributed by atoms with E-state index in [0.29, 0.717) is 6.54 Å². The number of fused-ring (bicyclic) bond motifs is 1. The maximum atomic E-state index is 10.1. The first kappa shape index (κ1) is 14.4. The Hall–Kier alpha value is -1.03. The number of rotatable bonds is 4. The van der Waals surface area contributed by atoms with Crippen LogP contribution in [0.5, 0.6) is 0 Å². The number of benzene rings is 1. The highest BCUT2D eigenvalue weighted by Crippen LogP contribution is 2.28. The van der Waals surface area contributed by atoms with Gasteiger partial charge in [0.15, 0.2) is 0 Å². The van der Waals surface area contributed by atoms with Crippen LogP contribution in [0.25, 0.3) is 10.9 Å². The molecule has 4 heteroatoms. The molecule has 3 nitrogen and oxygen atoms in total. The average Bonchev–Trinajstić information content (AvgIpc) is 2.63. The zero-order valence-corrected chi connectivity index (χ0v) is 12.6. The van der Waals surface area contributed by atoms with Gasteiger partial charge in [0.05, 0.1) is 10.6 Å². The zero-order valence-electron chi connectivity index (χ0n) is 11.8. The van der Waals surface area contributed by atoms with Crippen molar-refractivity contribution in [2.24, 2.45) is 0 Å². The molecule has 3 N–H and O–H groups in total. The van der Waals surface area contributed by atoms with Crippen molar-refractivity contribution in [3.05, 3.63) is 35.0 Å². The van der Waals surface area contributed by atoms with Crippen LogP contribution in [0, 0.1) is 0 Å². The van der Waals surface area contributed by atoms with E-state index in [4.69, 9.17) is 11.6 Å². The van der Waals surface area contributed by atoms with Crippen LogP contribution in [0.4, 0.5) is 0 Å². The molecule has 1 heterocycles. The van der Waals surface area contributed by atoms with E-state index in [2.05, 4.69) is 10.3 Å². The summed E-state index contributed by atoms with van der Waals surface area (Å²) in [6.07, 6.45) is 0. The molecule has 2 aromatic rings. The molecule has 1 aromatic heterocycles. The molecule has 2 rings (SSSR count). The SMILES string of the molecule is CC(C)(O)C(C)(C)NCc1[nH]c2ccccc2c1Cl. The van der Waals surface area contributed by atoms with Crippen molar-refractivity contribution in [3.63, 3.8) is 0 Å². The monoisotopic (exact) mass is 280 g/mol. The molecule has 0 saturated carbocycles. The summed E-state index contributed by atoms with van der Waals surface area (Å²) in [4.78, 5) is 3.31. The molecule has 0 aliphatic rings. The molecule has 0 amide bonds. The quantitative estimate of drug-likeness (QED) is 0.803. The van der Waals surface area contributed by atoms with Crippen molar-refractivity contribution in [1.82, 2.24) is 10.3 Å². The van der Waals surface area contributed by atoms with Gasteiger partial charge in [0.2, 0.25) is 0 Å². The summed E-state index contributed by atoms with van der Waals surface area (Å²) < 4.78 is 0. The van der Waals surface area contributed by atoms with E-state index in [1.165, 1.54) is 0 Å². The molecule has 0 spiro atoms. The van der Waals surface area contributed by atoms with Crippen LogP contribution in [-0.2, 0) is 6.54 Å². The molecule has 0 aliphatic carbocycles. The number of hydrogen-bond acceptors (Lipinski definition) is 2. The molecular weight excluding hydrogens is 260 g/mol. The minimum Gasteiger partial charge on any atom is -0.389 e. The van der Waals surface area contributed by atoms with Crippen molar-refractivity contribution in [2.75, 3.05) is 0 Å². The zero-order chi connectivity index (χ0) is 14.3. The highest BCUT2D eigenvalue weighted by Gasteiger charge is 2.34. The van der Waals surface area contributed by atoms with Crippen molar-refractivity contribution >= 4 is 22.5 Å². The summed E-state index contributed by atoms with van der Waals surface area (Å²) >= 11 is 6.37. The topological polar surface area (TPSA) is 48.0 Å². The Morgan fingerprint density at radius 2 is 1.84 bits per heavy atom. The van der Waals surface area contributed by atoms with E-state index in [0.717, 1.165) is 21.6 Å². The smallest absolute Gasteiger partial charge is 0.0767 e. The van der Waals surface area contributed by atoms with Crippen LogP contribution >= 0.6 is 11.6 Å². The Morgan fingerprint density at radius 3 is 2.42 bits per heavy atom. The lowest BCUT2D eigenvalue weighted by Crippen LogP contribution is -2.55. The van der Waals surface area contributed by atoms with Crippen molar-refractivity contribution in [2.45, 2.75) is 45.4 Å². The molecule has 1 aromatic carbocycles. The fraction of sp³-hybridized carbons (Fsp3) is 0.467. The predicted octanol–water partition coefficient (Wildman–Crippen LogP) is 3.46. The van der Waals surface area contributed by atoms with E-state index in [-0.39, 0.29) is 0 Å². The summed E-state index contributed by atoms with van der Waals surface area (Å²) in [7, 11) is 0. The Morgan fingerprint density at radius 1 is 1.21 bits per heavy atom. The van der Waals surface area contributed by atoms with Crippen LogP contribution in [0.3, 0.4) is 0 Å². The van der Waals surface area contributed by atoms with E-state index >= 15 is 0 Å². The van der Waals surface area contributed by atoms with E-state index in [1.54, 1.807) is 13.8 Å². The van der Waals surface area contributed by atoms with Crippen LogP contribution in [0.2, 0.25) is 5.02 Å². The van der Waals surface area contributed by atoms with Crippen molar-refractivity contribution < 1.29 is 5.11 Å². The second-order valence-electron chi connectivity index (χ2n) is 6.00. The number of halogens is 1. The maximum Gasteiger partial charge on any atom is 0.0767 e. The van der Waals surface area contributed by atoms with Crippen LogP contribution in [-0.4, -0.2) is 21.2 Å². The van der Waals surface area contributed by atoms with Gasteiger partial charge in [-0.3, -0.25) is 0 Å². The number of H-pyrrole nitrogens is 1. The Balaban J connectivity index is 2.21. The van der Waals surface area contributed by atoms with Crippen LogP contribution in [0.15, 0.2) is 24.3 Å². The van der Waals surface area contributed by atoms with Gasteiger partial charge in [-0.25, -0.2) is 0 Å². The second kappa shape index (κ2) is 4.82. The van der Waals surface area contributed by atoms with Gasteiger partial charge in [-0.05, 0) is 33.8 Å².